The van der Waals surface area contributed by atoms with Crippen molar-refractivity contribution in [3.8, 4) is 6.07 Å². The number of nitrogens with one attached hydrogen (secondary N) is 1. The molecule has 0 spiro atoms. The van der Waals surface area contributed by atoms with E-state index in [1.54, 1.807) is 17.2 Å². The Morgan fingerprint density at radius 1 is 1.26 bits per heavy atom. The average molecular weight is 495 g/mol. The van der Waals surface area contributed by atoms with Gasteiger partial charge in [0.15, 0.2) is 11.5 Å². The van der Waals surface area contributed by atoms with Crippen molar-refractivity contribution in [3.63, 3.8) is 0 Å². The maximum absolute atomic E-state index is 13.2. The lowest BCUT2D eigenvalue weighted by Crippen LogP contribution is -2.49. The summed E-state index contributed by atoms with van der Waals surface area (Å²) in [5.74, 6) is 1.10. The zero-order chi connectivity index (χ0) is 23.7. The Labute approximate surface area is 206 Å². The molecule has 0 unspecified atom stereocenters. The van der Waals surface area contributed by atoms with Crippen molar-refractivity contribution in [2.24, 2.45) is 0 Å². The van der Waals surface area contributed by atoms with Crippen molar-refractivity contribution < 1.29 is 4.79 Å². The van der Waals surface area contributed by atoms with Gasteiger partial charge in [-0.05, 0) is 55.6 Å². The minimum atomic E-state index is 0.00273. The normalized spacial score (nSPS) is 18.3. The number of piperidine rings is 1. The lowest BCUT2D eigenvalue weighted by atomic mass is 10.0. The number of aromatic nitrogens is 3. The van der Waals surface area contributed by atoms with Crippen molar-refractivity contribution in [1.29, 1.82) is 5.26 Å². The standard InChI is InChI=1S/C23H23ClN8OS/c1-15-10-21(34-29-15)28-22-19(12-25)26-13-20(27-22)30-7-3-6-18(14-30)32-9-8-31(23(32)33)17-5-2-4-16(24)11-17/h2,4-5,10-11,13,18H,3,6-9,14H2,1H3,(H,27,28)/t18-/m1/s1. The van der Waals surface area contributed by atoms with Crippen LogP contribution in [0.15, 0.2) is 36.5 Å². The summed E-state index contributed by atoms with van der Waals surface area (Å²) in [5.41, 5.74) is 1.95. The number of anilines is 4. The van der Waals surface area contributed by atoms with Crippen LogP contribution in [0.5, 0.6) is 0 Å². The van der Waals surface area contributed by atoms with E-state index in [1.807, 2.05) is 36.1 Å². The molecule has 0 radical (unpaired) electrons. The van der Waals surface area contributed by atoms with Gasteiger partial charge < -0.3 is 15.1 Å². The first-order valence-corrected chi connectivity index (χ1v) is 12.2. The molecular weight excluding hydrogens is 472 g/mol. The number of benzene rings is 1. The second-order valence-corrected chi connectivity index (χ2v) is 9.59. The molecule has 0 aliphatic carbocycles. The highest BCUT2D eigenvalue weighted by Gasteiger charge is 2.37. The minimum Gasteiger partial charge on any atom is -0.353 e. The number of carbonyl (C=O) groups is 1. The molecule has 11 heteroatoms. The molecule has 3 aromatic rings. The fourth-order valence-corrected chi connectivity index (χ4v) is 5.28. The van der Waals surface area contributed by atoms with E-state index in [9.17, 15) is 10.1 Å². The maximum atomic E-state index is 13.2. The van der Waals surface area contributed by atoms with Crippen molar-refractivity contribution in [2.75, 3.05) is 41.3 Å². The smallest absolute Gasteiger partial charge is 0.324 e. The average Bonchev–Trinajstić information content (AvgIpc) is 3.44. The van der Waals surface area contributed by atoms with E-state index in [-0.39, 0.29) is 17.8 Å². The van der Waals surface area contributed by atoms with Crippen molar-refractivity contribution in [3.05, 3.63) is 52.9 Å². The number of carbonyl (C=O) groups excluding carboxylic acids is 1. The third-order valence-electron chi connectivity index (χ3n) is 6.06. The van der Waals surface area contributed by atoms with Crippen LogP contribution in [0.25, 0.3) is 0 Å². The summed E-state index contributed by atoms with van der Waals surface area (Å²) in [6.45, 7) is 4.69. The first-order valence-electron chi connectivity index (χ1n) is 11.1. The molecule has 174 valence electrons. The lowest BCUT2D eigenvalue weighted by molar-refractivity contribution is 0.192. The number of urea groups is 1. The fourth-order valence-electron chi connectivity index (χ4n) is 4.43. The molecule has 2 aromatic heterocycles. The Morgan fingerprint density at radius 3 is 2.91 bits per heavy atom. The van der Waals surface area contributed by atoms with Crippen LogP contribution in [0.4, 0.5) is 27.1 Å². The van der Waals surface area contributed by atoms with Gasteiger partial charge in [-0.2, -0.15) is 9.64 Å². The summed E-state index contributed by atoms with van der Waals surface area (Å²) in [6, 6.07) is 11.5. The van der Waals surface area contributed by atoms with Gasteiger partial charge >= 0.3 is 6.03 Å². The molecular formula is C23H23ClN8OS. The van der Waals surface area contributed by atoms with Crippen molar-refractivity contribution >= 4 is 51.5 Å². The predicted molar refractivity (Wildman–Crippen MR) is 133 cm³/mol. The van der Waals surface area contributed by atoms with Crippen LogP contribution in [0.1, 0.15) is 24.2 Å². The van der Waals surface area contributed by atoms with E-state index >= 15 is 0 Å². The van der Waals surface area contributed by atoms with Crippen molar-refractivity contribution in [2.45, 2.75) is 25.8 Å². The van der Waals surface area contributed by atoms with E-state index in [0.717, 1.165) is 35.8 Å². The Kier molecular flexibility index (Phi) is 6.22. The first-order chi connectivity index (χ1) is 16.5. The van der Waals surface area contributed by atoms with Gasteiger partial charge in [-0.25, -0.2) is 14.8 Å². The van der Waals surface area contributed by atoms with Gasteiger partial charge in [0.2, 0.25) is 0 Å². The number of halogens is 1. The van der Waals surface area contributed by atoms with Gasteiger partial charge in [0.25, 0.3) is 0 Å². The molecule has 1 N–H and O–H groups in total. The molecule has 1 atom stereocenters. The zero-order valence-corrected chi connectivity index (χ0v) is 20.2. The highest BCUT2D eigenvalue weighted by molar-refractivity contribution is 7.10. The van der Waals surface area contributed by atoms with Gasteiger partial charge in [0.05, 0.1) is 17.9 Å². The molecule has 2 aliphatic rings. The fraction of sp³-hybridized carbons (Fsp3) is 0.348. The van der Waals surface area contributed by atoms with Gasteiger partial charge in [-0.1, -0.05) is 17.7 Å². The molecule has 0 saturated carbocycles. The summed E-state index contributed by atoms with van der Waals surface area (Å²) >= 11 is 7.44. The summed E-state index contributed by atoms with van der Waals surface area (Å²) < 4.78 is 4.26. The second-order valence-electron chi connectivity index (χ2n) is 8.34. The monoisotopic (exact) mass is 494 g/mol. The Morgan fingerprint density at radius 2 is 2.15 bits per heavy atom. The highest BCUT2D eigenvalue weighted by atomic mass is 35.5. The lowest BCUT2D eigenvalue weighted by Gasteiger charge is -2.38. The number of nitrogens with zero attached hydrogens (tertiary/aromatic N) is 7. The third kappa shape index (κ3) is 4.49. The van der Waals surface area contributed by atoms with Crippen LogP contribution >= 0.6 is 23.1 Å². The van der Waals surface area contributed by atoms with Crippen LogP contribution in [-0.4, -0.2) is 57.5 Å². The summed E-state index contributed by atoms with van der Waals surface area (Å²) in [5, 5.41) is 14.1. The highest BCUT2D eigenvalue weighted by Crippen LogP contribution is 2.29. The molecule has 2 aliphatic heterocycles. The third-order valence-corrected chi connectivity index (χ3v) is 7.09. The molecule has 0 bridgehead atoms. The minimum absolute atomic E-state index is 0.00273. The number of rotatable bonds is 5. The Bertz CT molecular complexity index is 1260. The largest absolute Gasteiger partial charge is 0.353 e. The number of nitriles is 1. The molecule has 4 heterocycles. The second kappa shape index (κ2) is 9.44. The summed E-state index contributed by atoms with van der Waals surface area (Å²) in [6.07, 6.45) is 3.50. The molecule has 1 aromatic carbocycles. The molecule has 2 amide bonds. The van der Waals surface area contributed by atoms with E-state index in [2.05, 4.69) is 25.6 Å². The maximum Gasteiger partial charge on any atom is 0.324 e. The quantitative estimate of drug-likeness (QED) is 0.560. The van der Waals surface area contributed by atoms with E-state index < -0.39 is 0 Å². The molecule has 9 nitrogen and oxygen atoms in total. The van der Waals surface area contributed by atoms with Gasteiger partial charge in [-0.15, -0.1) is 0 Å². The molecule has 2 fully saturated rings. The SMILES string of the molecule is Cc1cc(Nc2nc(N3CCC[C@@H](N4CCN(c5cccc(Cl)c5)C4=O)C3)cnc2C#N)sn1. The number of hydrogen-bond acceptors (Lipinski definition) is 8. The molecule has 5 rings (SSSR count). The van der Waals surface area contributed by atoms with Crippen molar-refractivity contribution in [1.82, 2.24) is 19.2 Å². The van der Waals surface area contributed by atoms with Gasteiger partial charge in [0.1, 0.15) is 16.9 Å². The summed E-state index contributed by atoms with van der Waals surface area (Å²) in [7, 11) is 0. The van der Waals surface area contributed by atoms with Crippen LogP contribution in [0.3, 0.4) is 0 Å². The number of amides is 2. The topological polar surface area (TPSA) is 101 Å². The Hall–Kier alpha value is -3.42. The summed E-state index contributed by atoms with van der Waals surface area (Å²) in [4.78, 5) is 28.1. The zero-order valence-electron chi connectivity index (χ0n) is 18.6. The molecule has 2 saturated heterocycles. The number of aryl methyl sites for hydroxylation is 1. The van der Waals surface area contributed by atoms with Gasteiger partial charge in [0, 0.05) is 36.9 Å². The van der Waals surface area contributed by atoms with Crippen LogP contribution in [0, 0.1) is 18.3 Å². The molecule has 34 heavy (non-hydrogen) atoms. The van der Waals surface area contributed by atoms with Gasteiger partial charge in [-0.3, -0.25) is 4.90 Å². The van der Waals surface area contributed by atoms with Crippen LogP contribution in [-0.2, 0) is 0 Å². The van der Waals surface area contributed by atoms with Crippen LogP contribution in [0.2, 0.25) is 5.02 Å². The van der Waals surface area contributed by atoms with E-state index in [1.165, 1.54) is 11.5 Å². The first kappa shape index (κ1) is 22.4. The van der Waals surface area contributed by atoms with E-state index in [4.69, 9.17) is 16.6 Å². The Balaban J connectivity index is 1.32. The van der Waals surface area contributed by atoms with Crippen LogP contribution < -0.4 is 15.1 Å². The van der Waals surface area contributed by atoms with E-state index in [0.29, 0.717) is 36.3 Å². The number of hydrogen-bond donors (Lipinski definition) is 1. The predicted octanol–water partition coefficient (Wildman–Crippen LogP) is 4.42.